The second-order valence-corrected chi connectivity index (χ2v) is 7.46. The number of aryl methyl sites for hydroxylation is 1. The fraction of sp³-hybridized carbons (Fsp3) is 0.120. The number of fused-ring (bicyclic) bond motifs is 1. The second-order valence-electron chi connectivity index (χ2n) is 7.46. The highest BCUT2D eigenvalue weighted by Crippen LogP contribution is 2.31. The van der Waals surface area contributed by atoms with Gasteiger partial charge in [-0.25, -0.2) is 14.3 Å². The van der Waals surface area contributed by atoms with Crippen LogP contribution >= 0.6 is 0 Å². The van der Waals surface area contributed by atoms with E-state index in [0.29, 0.717) is 24.6 Å². The number of hydrogen-bond acceptors (Lipinski definition) is 3. The summed E-state index contributed by atoms with van der Waals surface area (Å²) in [6.07, 6.45) is 0. The van der Waals surface area contributed by atoms with Crippen LogP contribution in [-0.4, -0.2) is 11.1 Å². The van der Waals surface area contributed by atoms with E-state index < -0.39 is 0 Å². The molecule has 30 heavy (non-hydrogen) atoms. The predicted molar refractivity (Wildman–Crippen MR) is 115 cm³/mol. The van der Waals surface area contributed by atoms with Crippen molar-refractivity contribution in [2.75, 3.05) is 11.4 Å². The summed E-state index contributed by atoms with van der Waals surface area (Å²) in [5.41, 5.74) is 3.35. The van der Waals surface area contributed by atoms with Crippen molar-refractivity contribution in [3.63, 3.8) is 0 Å². The molecule has 148 valence electrons. The minimum atomic E-state index is -0.302. The fourth-order valence-electron chi connectivity index (χ4n) is 4.04. The maximum Gasteiger partial charge on any atom is 0.372 e. The van der Waals surface area contributed by atoms with E-state index in [1.807, 2.05) is 96.8 Å². The summed E-state index contributed by atoms with van der Waals surface area (Å²) in [5, 5.41) is 13.4. The maximum atomic E-state index is 13.7. The van der Waals surface area contributed by atoms with Crippen LogP contribution in [0.3, 0.4) is 0 Å². The van der Waals surface area contributed by atoms with Gasteiger partial charge in [-0.1, -0.05) is 66.2 Å². The van der Waals surface area contributed by atoms with Gasteiger partial charge in [0.15, 0.2) is 0 Å². The van der Waals surface area contributed by atoms with Crippen LogP contribution < -0.4 is 20.1 Å². The molecule has 0 bridgehead atoms. The van der Waals surface area contributed by atoms with E-state index in [1.54, 1.807) is 9.13 Å². The highest BCUT2D eigenvalue weighted by Gasteiger charge is 2.36. The Balaban J connectivity index is 1.84. The molecule has 0 saturated heterocycles. The molecule has 0 spiro atoms. The topological polar surface area (TPSA) is 52.2 Å². The average molecular weight is 395 g/mol. The van der Waals surface area contributed by atoms with Crippen molar-refractivity contribution < 1.29 is 9.67 Å². The molecule has 5 nitrogen and oxygen atoms in total. The summed E-state index contributed by atoms with van der Waals surface area (Å²) >= 11 is 0. The molecule has 3 aromatic carbocycles. The zero-order valence-electron chi connectivity index (χ0n) is 16.7. The average Bonchev–Trinajstić information content (AvgIpc) is 3.22. The lowest BCUT2D eigenvalue weighted by molar-refractivity contribution is -0.715. The van der Waals surface area contributed by atoms with Crippen molar-refractivity contribution in [3.05, 3.63) is 101 Å². The molecule has 0 atom stereocenters. The van der Waals surface area contributed by atoms with Crippen molar-refractivity contribution in [2.24, 2.45) is 0 Å². The lowest BCUT2D eigenvalue weighted by Crippen LogP contribution is -2.43. The summed E-state index contributed by atoms with van der Waals surface area (Å²) in [5.74, 6) is 0.350. The third-order valence-corrected chi connectivity index (χ3v) is 5.53. The van der Waals surface area contributed by atoms with Gasteiger partial charge in [0.2, 0.25) is 0 Å². The van der Waals surface area contributed by atoms with Gasteiger partial charge in [-0.2, -0.15) is 4.57 Å². The van der Waals surface area contributed by atoms with Crippen molar-refractivity contribution >= 4 is 11.6 Å². The minimum Gasteiger partial charge on any atom is -0.848 e. The van der Waals surface area contributed by atoms with Gasteiger partial charge in [0.1, 0.15) is 24.5 Å². The summed E-state index contributed by atoms with van der Waals surface area (Å²) in [6, 6.07) is 26.9. The first-order valence-electron chi connectivity index (χ1n) is 10.00. The standard InChI is InChI=1S/C25H21N3O2/c1-18-12-14-21(15-13-18)28-24(30)22(19-8-4-2-5-9-19)23(29)27-17-16-26(25(27)28)20-10-6-3-7-11-20/h2-15H,16-17H2,1H3. The Kier molecular flexibility index (Phi) is 4.36. The van der Waals surface area contributed by atoms with Gasteiger partial charge >= 0.3 is 11.5 Å². The number of anilines is 2. The number of benzene rings is 3. The third-order valence-electron chi connectivity index (χ3n) is 5.53. The first-order chi connectivity index (χ1) is 14.6. The molecule has 0 N–H and O–H groups in total. The van der Waals surface area contributed by atoms with Crippen LogP contribution in [-0.2, 0) is 6.54 Å². The molecule has 5 rings (SSSR count). The summed E-state index contributed by atoms with van der Waals surface area (Å²) < 4.78 is 3.39. The largest absolute Gasteiger partial charge is 0.848 e. The molecule has 0 aliphatic carbocycles. The van der Waals surface area contributed by atoms with Gasteiger partial charge in [0.25, 0.3) is 0 Å². The van der Waals surface area contributed by atoms with Crippen LogP contribution in [0.4, 0.5) is 11.6 Å². The number of para-hydroxylation sites is 1. The van der Waals surface area contributed by atoms with Gasteiger partial charge in [-0.15, -0.1) is 0 Å². The van der Waals surface area contributed by atoms with Gasteiger partial charge in [0.05, 0.1) is 5.56 Å². The molecule has 4 aromatic rings. The molecule has 0 radical (unpaired) electrons. The SMILES string of the molecule is Cc1ccc(-n2c3[n+](c([O-])c(-c4ccccc4)c2=O)CCN3c2ccccc2)cc1. The van der Waals surface area contributed by atoms with E-state index in [2.05, 4.69) is 0 Å². The van der Waals surface area contributed by atoms with E-state index >= 15 is 0 Å². The third kappa shape index (κ3) is 2.87. The summed E-state index contributed by atoms with van der Waals surface area (Å²) in [7, 11) is 0. The molecular formula is C25H21N3O2. The Hall–Kier alpha value is -3.86. The molecule has 0 unspecified atom stereocenters. The van der Waals surface area contributed by atoms with E-state index in [4.69, 9.17) is 0 Å². The first kappa shape index (κ1) is 18.2. The smallest absolute Gasteiger partial charge is 0.372 e. The normalized spacial score (nSPS) is 12.8. The Morgan fingerprint density at radius 2 is 1.47 bits per heavy atom. The van der Waals surface area contributed by atoms with Gasteiger partial charge < -0.3 is 5.11 Å². The van der Waals surface area contributed by atoms with Crippen LogP contribution in [0, 0.1) is 6.92 Å². The molecule has 5 heteroatoms. The monoisotopic (exact) mass is 395 g/mol. The zero-order chi connectivity index (χ0) is 20.7. The van der Waals surface area contributed by atoms with Crippen molar-refractivity contribution in [1.29, 1.82) is 0 Å². The fourth-order valence-corrected chi connectivity index (χ4v) is 4.04. The van der Waals surface area contributed by atoms with Crippen LogP contribution in [0.15, 0.2) is 89.7 Å². The Labute approximate surface area is 174 Å². The molecule has 2 heterocycles. The number of hydrogen-bond donors (Lipinski definition) is 0. The minimum absolute atomic E-state index is 0.204. The predicted octanol–water partition coefficient (Wildman–Crippen LogP) is 3.33. The maximum absolute atomic E-state index is 13.7. The van der Waals surface area contributed by atoms with E-state index in [0.717, 1.165) is 16.9 Å². The van der Waals surface area contributed by atoms with Crippen LogP contribution in [0.5, 0.6) is 5.88 Å². The van der Waals surface area contributed by atoms with Gasteiger partial charge in [-0.05, 0) is 36.8 Å². The quantitative estimate of drug-likeness (QED) is 0.500. The molecule has 1 aromatic heterocycles. The van der Waals surface area contributed by atoms with Gasteiger partial charge in [0, 0.05) is 5.88 Å². The second kappa shape index (κ2) is 7.19. The van der Waals surface area contributed by atoms with Crippen LogP contribution in [0.2, 0.25) is 0 Å². The van der Waals surface area contributed by atoms with Crippen molar-refractivity contribution in [2.45, 2.75) is 13.5 Å². The lowest BCUT2D eigenvalue weighted by Gasteiger charge is -2.20. The summed E-state index contributed by atoms with van der Waals surface area (Å²) in [4.78, 5) is 15.8. The Morgan fingerprint density at radius 1 is 0.833 bits per heavy atom. The van der Waals surface area contributed by atoms with Gasteiger partial charge in [-0.3, -0.25) is 0 Å². The van der Waals surface area contributed by atoms with Crippen LogP contribution in [0.1, 0.15) is 5.56 Å². The highest BCUT2D eigenvalue weighted by atomic mass is 16.3. The van der Waals surface area contributed by atoms with E-state index in [1.165, 1.54) is 0 Å². The molecular weight excluding hydrogens is 374 g/mol. The highest BCUT2D eigenvalue weighted by molar-refractivity contribution is 5.68. The van der Waals surface area contributed by atoms with Crippen molar-refractivity contribution in [1.82, 2.24) is 4.57 Å². The number of nitrogens with zero attached hydrogens (tertiary/aromatic N) is 3. The molecule has 0 amide bonds. The molecule has 0 saturated carbocycles. The lowest BCUT2D eigenvalue weighted by atomic mass is 10.1. The first-order valence-corrected chi connectivity index (χ1v) is 10.00. The molecule has 1 aliphatic heterocycles. The number of aromatic nitrogens is 2. The molecule has 1 aliphatic rings. The van der Waals surface area contributed by atoms with Crippen molar-refractivity contribution in [3.8, 4) is 22.7 Å². The Bertz CT molecular complexity index is 1260. The number of rotatable bonds is 3. The zero-order valence-corrected chi connectivity index (χ0v) is 16.7. The van der Waals surface area contributed by atoms with E-state index in [-0.39, 0.29) is 17.0 Å². The Morgan fingerprint density at radius 3 is 2.13 bits per heavy atom. The van der Waals surface area contributed by atoms with Crippen LogP contribution in [0.25, 0.3) is 16.8 Å². The van der Waals surface area contributed by atoms with E-state index in [9.17, 15) is 9.90 Å². The molecule has 0 fully saturated rings. The summed E-state index contributed by atoms with van der Waals surface area (Å²) in [6.45, 7) is 3.16.